The van der Waals surface area contributed by atoms with Crippen LogP contribution < -0.4 is 10.6 Å². The molecule has 0 atom stereocenters. The standard InChI is InChI=1S/C22H35N3O3/c1-2-23-22(25-19-6-8-20(26)9-7-19)24-15-17-4-3-5-18(14-17)16-28-21-10-12-27-13-11-21/h3-5,14,19-21,26H,2,6-13,15-16H2,1H3,(H2,23,24,25). The molecule has 1 saturated heterocycles. The fourth-order valence-corrected chi connectivity index (χ4v) is 3.78. The first-order valence-corrected chi connectivity index (χ1v) is 10.7. The molecule has 0 radical (unpaired) electrons. The van der Waals surface area contributed by atoms with E-state index in [-0.39, 0.29) is 6.10 Å². The smallest absolute Gasteiger partial charge is 0.191 e. The predicted molar refractivity (Wildman–Crippen MR) is 111 cm³/mol. The van der Waals surface area contributed by atoms with Gasteiger partial charge in [-0.05, 0) is 56.6 Å². The largest absolute Gasteiger partial charge is 0.393 e. The number of nitrogens with one attached hydrogen (secondary N) is 2. The van der Waals surface area contributed by atoms with E-state index in [0.717, 1.165) is 64.2 Å². The topological polar surface area (TPSA) is 75.1 Å². The Morgan fingerprint density at radius 2 is 1.89 bits per heavy atom. The molecule has 6 heteroatoms. The molecule has 0 amide bonds. The second-order valence-electron chi connectivity index (χ2n) is 7.79. The number of ether oxygens (including phenoxy) is 2. The van der Waals surface area contributed by atoms with Crippen LogP contribution in [0, 0.1) is 0 Å². The summed E-state index contributed by atoms with van der Waals surface area (Å²) in [4.78, 5) is 4.76. The van der Waals surface area contributed by atoms with Crippen molar-refractivity contribution in [2.75, 3.05) is 19.8 Å². The van der Waals surface area contributed by atoms with Crippen LogP contribution >= 0.6 is 0 Å². The lowest BCUT2D eigenvalue weighted by Crippen LogP contribution is -2.45. The molecule has 28 heavy (non-hydrogen) atoms. The van der Waals surface area contributed by atoms with Crippen molar-refractivity contribution in [1.82, 2.24) is 10.6 Å². The highest BCUT2D eigenvalue weighted by atomic mass is 16.5. The fraction of sp³-hybridized carbons (Fsp3) is 0.682. The first-order valence-electron chi connectivity index (χ1n) is 10.7. The minimum Gasteiger partial charge on any atom is -0.393 e. The maximum atomic E-state index is 9.68. The summed E-state index contributed by atoms with van der Waals surface area (Å²) in [5, 5.41) is 16.5. The maximum absolute atomic E-state index is 9.68. The number of aliphatic hydroxyl groups is 1. The van der Waals surface area contributed by atoms with E-state index in [0.29, 0.717) is 25.3 Å². The first-order chi connectivity index (χ1) is 13.7. The summed E-state index contributed by atoms with van der Waals surface area (Å²) < 4.78 is 11.4. The molecular weight excluding hydrogens is 354 g/mol. The molecule has 1 aliphatic carbocycles. The van der Waals surface area contributed by atoms with Crippen molar-refractivity contribution in [2.45, 2.75) is 76.9 Å². The molecule has 3 N–H and O–H groups in total. The van der Waals surface area contributed by atoms with Crippen molar-refractivity contribution in [3.63, 3.8) is 0 Å². The highest BCUT2D eigenvalue weighted by molar-refractivity contribution is 5.80. The van der Waals surface area contributed by atoms with Gasteiger partial charge < -0.3 is 25.2 Å². The highest BCUT2D eigenvalue weighted by Gasteiger charge is 2.20. The van der Waals surface area contributed by atoms with Crippen LogP contribution in [0.15, 0.2) is 29.3 Å². The van der Waals surface area contributed by atoms with Gasteiger partial charge in [0.15, 0.2) is 5.96 Å². The van der Waals surface area contributed by atoms with Gasteiger partial charge in [0.25, 0.3) is 0 Å². The van der Waals surface area contributed by atoms with Gasteiger partial charge in [0.1, 0.15) is 0 Å². The van der Waals surface area contributed by atoms with Crippen LogP contribution in [0.25, 0.3) is 0 Å². The van der Waals surface area contributed by atoms with Crippen molar-refractivity contribution >= 4 is 5.96 Å². The average molecular weight is 390 g/mol. The van der Waals surface area contributed by atoms with E-state index >= 15 is 0 Å². The summed E-state index contributed by atoms with van der Waals surface area (Å²) in [7, 11) is 0. The molecule has 1 heterocycles. The van der Waals surface area contributed by atoms with E-state index in [1.807, 2.05) is 0 Å². The van der Waals surface area contributed by atoms with Gasteiger partial charge >= 0.3 is 0 Å². The zero-order chi connectivity index (χ0) is 19.6. The van der Waals surface area contributed by atoms with Gasteiger partial charge in [-0.2, -0.15) is 0 Å². The molecule has 0 unspecified atom stereocenters. The predicted octanol–water partition coefficient (Wildman–Crippen LogP) is 2.74. The van der Waals surface area contributed by atoms with Crippen molar-refractivity contribution < 1.29 is 14.6 Å². The lowest BCUT2D eigenvalue weighted by atomic mass is 9.93. The number of hydrogen-bond donors (Lipinski definition) is 3. The van der Waals surface area contributed by atoms with Gasteiger partial charge in [-0.1, -0.05) is 24.3 Å². The van der Waals surface area contributed by atoms with Gasteiger partial charge in [0.05, 0.1) is 25.4 Å². The number of aliphatic hydroxyl groups excluding tert-OH is 1. The van der Waals surface area contributed by atoms with Crippen molar-refractivity contribution in [2.24, 2.45) is 4.99 Å². The summed E-state index contributed by atoms with van der Waals surface area (Å²) in [5.41, 5.74) is 2.38. The van der Waals surface area contributed by atoms with Crippen molar-refractivity contribution in [3.8, 4) is 0 Å². The Hall–Kier alpha value is -1.63. The Kier molecular flexibility index (Phi) is 8.58. The van der Waals surface area contributed by atoms with Crippen LogP contribution in [0.2, 0.25) is 0 Å². The summed E-state index contributed by atoms with van der Waals surface area (Å²) in [5.74, 6) is 0.854. The Labute approximate surface area is 168 Å². The van der Waals surface area contributed by atoms with Crippen LogP contribution in [0.4, 0.5) is 0 Å². The van der Waals surface area contributed by atoms with Gasteiger partial charge in [-0.3, -0.25) is 0 Å². The first kappa shape index (κ1) is 21.1. The number of rotatable bonds is 7. The molecule has 3 rings (SSSR count). The Bertz CT molecular complexity index is 609. The normalized spacial score (nSPS) is 24.1. The Balaban J connectivity index is 1.51. The van der Waals surface area contributed by atoms with Gasteiger partial charge in [-0.25, -0.2) is 4.99 Å². The summed E-state index contributed by atoms with van der Waals surface area (Å²) in [6.07, 6.45) is 5.87. The van der Waals surface area contributed by atoms with E-state index in [1.165, 1.54) is 11.1 Å². The maximum Gasteiger partial charge on any atom is 0.191 e. The molecule has 1 aromatic carbocycles. The van der Waals surface area contributed by atoms with Crippen LogP contribution in [0.3, 0.4) is 0 Å². The van der Waals surface area contributed by atoms with Crippen LogP contribution in [-0.2, 0) is 22.6 Å². The van der Waals surface area contributed by atoms with E-state index in [2.05, 4.69) is 41.8 Å². The summed E-state index contributed by atoms with van der Waals surface area (Å²) >= 11 is 0. The van der Waals surface area contributed by atoms with E-state index in [9.17, 15) is 5.11 Å². The van der Waals surface area contributed by atoms with Gasteiger partial charge in [0, 0.05) is 25.8 Å². The minimum atomic E-state index is -0.135. The van der Waals surface area contributed by atoms with E-state index < -0.39 is 0 Å². The van der Waals surface area contributed by atoms with Crippen LogP contribution in [-0.4, -0.2) is 49.1 Å². The molecule has 1 aliphatic heterocycles. The molecule has 6 nitrogen and oxygen atoms in total. The zero-order valence-corrected chi connectivity index (χ0v) is 17.0. The molecule has 0 aromatic heterocycles. The molecular formula is C22H35N3O3. The van der Waals surface area contributed by atoms with Crippen molar-refractivity contribution in [3.05, 3.63) is 35.4 Å². The second-order valence-corrected chi connectivity index (χ2v) is 7.79. The molecule has 0 spiro atoms. The van der Waals surface area contributed by atoms with Gasteiger partial charge in [0.2, 0.25) is 0 Å². The minimum absolute atomic E-state index is 0.135. The lowest BCUT2D eigenvalue weighted by Gasteiger charge is -2.27. The van der Waals surface area contributed by atoms with Crippen molar-refractivity contribution in [1.29, 1.82) is 0 Å². The summed E-state index contributed by atoms with van der Waals surface area (Å²) in [6, 6.07) is 8.88. The number of guanidine groups is 1. The quantitative estimate of drug-likeness (QED) is 0.494. The third kappa shape index (κ3) is 7.08. The van der Waals surface area contributed by atoms with E-state index in [1.54, 1.807) is 0 Å². The second kappa shape index (κ2) is 11.4. The molecule has 0 bridgehead atoms. The number of hydrogen-bond acceptors (Lipinski definition) is 4. The average Bonchev–Trinajstić information content (AvgIpc) is 2.73. The van der Waals surface area contributed by atoms with E-state index in [4.69, 9.17) is 14.5 Å². The summed E-state index contributed by atoms with van der Waals surface area (Å²) in [6.45, 7) is 5.80. The molecule has 1 saturated carbocycles. The zero-order valence-electron chi connectivity index (χ0n) is 17.0. The Morgan fingerprint density at radius 1 is 1.14 bits per heavy atom. The molecule has 2 fully saturated rings. The molecule has 156 valence electrons. The SMILES string of the molecule is CCNC(=NCc1cccc(COC2CCOCC2)c1)NC1CCC(O)CC1. The molecule has 2 aliphatic rings. The Morgan fingerprint density at radius 3 is 2.64 bits per heavy atom. The number of benzene rings is 1. The van der Waals surface area contributed by atoms with Crippen LogP contribution in [0.5, 0.6) is 0 Å². The monoisotopic (exact) mass is 389 g/mol. The molecule has 1 aromatic rings. The number of aliphatic imine (C=N–C) groups is 1. The highest BCUT2D eigenvalue weighted by Crippen LogP contribution is 2.18. The van der Waals surface area contributed by atoms with Crippen LogP contribution in [0.1, 0.15) is 56.6 Å². The third-order valence-electron chi connectivity index (χ3n) is 5.45. The number of nitrogens with zero attached hydrogens (tertiary/aromatic N) is 1. The fourth-order valence-electron chi connectivity index (χ4n) is 3.78. The van der Waals surface area contributed by atoms with Gasteiger partial charge in [-0.15, -0.1) is 0 Å². The lowest BCUT2D eigenvalue weighted by molar-refractivity contribution is -0.0390. The third-order valence-corrected chi connectivity index (χ3v) is 5.45.